The number of nitrogens with one attached hydrogen (secondary N) is 1. The molecular formula is C12H13BrN2O. The van der Waals surface area contributed by atoms with Crippen molar-refractivity contribution < 1.29 is 4.42 Å². The van der Waals surface area contributed by atoms with Gasteiger partial charge < -0.3 is 9.73 Å². The monoisotopic (exact) mass is 280 g/mol. The van der Waals surface area contributed by atoms with Gasteiger partial charge in [-0.15, -0.1) is 0 Å². The minimum absolute atomic E-state index is 0.761. The summed E-state index contributed by atoms with van der Waals surface area (Å²) in [5.74, 6) is 0.946. The number of furan rings is 1. The quantitative estimate of drug-likeness (QED) is 0.856. The van der Waals surface area contributed by atoms with E-state index >= 15 is 0 Å². The van der Waals surface area contributed by atoms with Crippen LogP contribution in [0.15, 0.2) is 45.7 Å². The highest BCUT2D eigenvalue weighted by Gasteiger charge is 1.98. The number of pyridine rings is 1. The first-order valence-corrected chi connectivity index (χ1v) is 5.98. The van der Waals surface area contributed by atoms with Gasteiger partial charge in [0.15, 0.2) is 4.67 Å². The summed E-state index contributed by atoms with van der Waals surface area (Å²) in [7, 11) is 0. The molecule has 0 aliphatic rings. The Morgan fingerprint density at radius 2 is 2.00 bits per heavy atom. The third-order valence-corrected chi connectivity index (χ3v) is 2.69. The first-order chi connectivity index (χ1) is 7.84. The second kappa shape index (κ2) is 5.82. The van der Waals surface area contributed by atoms with Gasteiger partial charge in [-0.05, 0) is 58.7 Å². The van der Waals surface area contributed by atoms with Gasteiger partial charge in [-0.1, -0.05) is 0 Å². The van der Waals surface area contributed by atoms with E-state index in [0.29, 0.717) is 0 Å². The van der Waals surface area contributed by atoms with Crippen molar-refractivity contribution in [1.82, 2.24) is 10.3 Å². The summed E-state index contributed by atoms with van der Waals surface area (Å²) in [6, 6.07) is 7.93. The van der Waals surface area contributed by atoms with Crippen molar-refractivity contribution in [3.63, 3.8) is 0 Å². The largest absolute Gasteiger partial charge is 0.453 e. The summed E-state index contributed by atoms with van der Waals surface area (Å²) in [6.07, 6.45) is 4.64. The van der Waals surface area contributed by atoms with Crippen LogP contribution in [0.4, 0.5) is 0 Å². The van der Waals surface area contributed by atoms with E-state index in [-0.39, 0.29) is 0 Å². The lowest BCUT2D eigenvalue weighted by Gasteiger charge is -2.02. The first kappa shape index (κ1) is 11.4. The van der Waals surface area contributed by atoms with Gasteiger partial charge in [0.25, 0.3) is 0 Å². The van der Waals surface area contributed by atoms with Crippen LogP contribution in [0.1, 0.15) is 11.3 Å². The molecule has 2 aromatic heterocycles. The van der Waals surface area contributed by atoms with E-state index in [2.05, 4.69) is 26.2 Å². The fourth-order valence-corrected chi connectivity index (χ4v) is 1.78. The highest BCUT2D eigenvalue weighted by atomic mass is 79.9. The number of halogens is 1. The van der Waals surface area contributed by atoms with Gasteiger partial charge in [0, 0.05) is 12.4 Å². The van der Waals surface area contributed by atoms with Gasteiger partial charge in [0.1, 0.15) is 5.76 Å². The van der Waals surface area contributed by atoms with E-state index < -0.39 is 0 Å². The van der Waals surface area contributed by atoms with Crippen molar-refractivity contribution in [2.24, 2.45) is 0 Å². The molecule has 4 heteroatoms. The maximum absolute atomic E-state index is 5.38. The zero-order chi connectivity index (χ0) is 11.2. The Hall–Kier alpha value is -1.13. The minimum atomic E-state index is 0.761. The predicted molar refractivity (Wildman–Crippen MR) is 66.1 cm³/mol. The Balaban J connectivity index is 1.69. The number of hydrogen-bond donors (Lipinski definition) is 1. The molecule has 2 rings (SSSR count). The molecule has 0 amide bonds. The molecule has 2 aromatic rings. The molecule has 84 valence electrons. The Bertz CT molecular complexity index is 428. The predicted octanol–water partition coefficient (Wildman–Crippen LogP) is 2.77. The molecule has 0 saturated heterocycles. The van der Waals surface area contributed by atoms with Crippen LogP contribution in [0.3, 0.4) is 0 Å². The van der Waals surface area contributed by atoms with Crippen molar-refractivity contribution in [3.8, 4) is 0 Å². The molecule has 0 aliphatic heterocycles. The molecule has 0 radical (unpaired) electrons. The summed E-state index contributed by atoms with van der Waals surface area (Å²) in [5, 5.41) is 3.33. The summed E-state index contributed by atoms with van der Waals surface area (Å²) < 4.78 is 6.16. The molecule has 0 fully saturated rings. The smallest absolute Gasteiger partial charge is 0.169 e. The van der Waals surface area contributed by atoms with Crippen molar-refractivity contribution >= 4 is 15.9 Å². The van der Waals surface area contributed by atoms with Gasteiger partial charge in [-0.2, -0.15) is 0 Å². The van der Waals surface area contributed by atoms with Gasteiger partial charge in [0.05, 0.1) is 6.54 Å². The maximum atomic E-state index is 5.38. The molecule has 3 nitrogen and oxygen atoms in total. The third-order valence-electron chi connectivity index (χ3n) is 2.27. The minimum Gasteiger partial charge on any atom is -0.453 e. The van der Waals surface area contributed by atoms with Crippen molar-refractivity contribution in [3.05, 3.63) is 52.7 Å². The lowest BCUT2D eigenvalue weighted by molar-refractivity contribution is 0.466. The fraction of sp³-hybridized carbons (Fsp3) is 0.250. The highest BCUT2D eigenvalue weighted by Crippen LogP contribution is 2.13. The lowest BCUT2D eigenvalue weighted by atomic mass is 10.2. The topological polar surface area (TPSA) is 38.1 Å². The zero-order valence-electron chi connectivity index (χ0n) is 8.82. The first-order valence-electron chi connectivity index (χ1n) is 5.18. The molecule has 0 unspecified atom stereocenters. The van der Waals surface area contributed by atoms with E-state index in [4.69, 9.17) is 4.42 Å². The Labute approximate surface area is 103 Å². The van der Waals surface area contributed by atoms with Gasteiger partial charge in [-0.3, -0.25) is 4.98 Å². The van der Waals surface area contributed by atoms with Crippen LogP contribution in [0, 0.1) is 0 Å². The SMILES string of the molecule is Brc1ccc(CNCCc2ccncc2)o1. The van der Waals surface area contributed by atoms with Gasteiger partial charge in [0.2, 0.25) is 0 Å². The molecule has 16 heavy (non-hydrogen) atoms. The summed E-state index contributed by atoms with van der Waals surface area (Å²) in [5.41, 5.74) is 1.29. The molecule has 0 atom stereocenters. The van der Waals surface area contributed by atoms with E-state index in [1.165, 1.54) is 5.56 Å². The molecule has 0 aliphatic carbocycles. The van der Waals surface area contributed by atoms with Crippen LogP contribution in [-0.2, 0) is 13.0 Å². The average molecular weight is 281 g/mol. The standard InChI is InChI=1S/C12H13BrN2O/c13-12-2-1-11(16-12)9-15-8-5-10-3-6-14-7-4-10/h1-4,6-7,15H,5,8-9H2. The van der Waals surface area contributed by atoms with E-state index in [1.807, 2.05) is 36.7 Å². The Morgan fingerprint density at radius 1 is 1.19 bits per heavy atom. The highest BCUT2D eigenvalue weighted by molar-refractivity contribution is 9.10. The summed E-state index contributed by atoms with van der Waals surface area (Å²) in [6.45, 7) is 1.69. The lowest BCUT2D eigenvalue weighted by Crippen LogP contribution is -2.16. The molecule has 0 aromatic carbocycles. The molecular weight excluding hydrogens is 268 g/mol. The van der Waals surface area contributed by atoms with Crippen LogP contribution in [0.5, 0.6) is 0 Å². The molecule has 1 N–H and O–H groups in total. The van der Waals surface area contributed by atoms with Gasteiger partial charge in [-0.25, -0.2) is 0 Å². The third kappa shape index (κ3) is 3.47. The van der Waals surface area contributed by atoms with Crippen LogP contribution >= 0.6 is 15.9 Å². The molecule has 0 bridgehead atoms. The average Bonchev–Trinajstić information content (AvgIpc) is 2.72. The van der Waals surface area contributed by atoms with Crippen LogP contribution in [-0.4, -0.2) is 11.5 Å². The number of nitrogens with zero attached hydrogens (tertiary/aromatic N) is 1. The maximum Gasteiger partial charge on any atom is 0.169 e. The normalized spacial score (nSPS) is 10.6. The van der Waals surface area contributed by atoms with E-state index in [9.17, 15) is 0 Å². The molecule has 0 spiro atoms. The van der Waals surface area contributed by atoms with Gasteiger partial charge >= 0.3 is 0 Å². The summed E-state index contributed by atoms with van der Waals surface area (Å²) in [4.78, 5) is 3.98. The Morgan fingerprint density at radius 3 is 2.69 bits per heavy atom. The van der Waals surface area contributed by atoms with Crippen LogP contribution in [0.25, 0.3) is 0 Å². The van der Waals surface area contributed by atoms with Crippen LogP contribution in [0.2, 0.25) is 0 Å². The molecule has 0 saturated carbocycles. The van der Waals surface area contributed by atoms with Crippen molar-refractivity contribution in [1.29, 1.82) is 0 Å². The number of rotatable bonds is 5. The zero-order valence-corrected chi connectivity index (χ0v) is 10.4. The van der Waals surface area contributed by atoms with Crippen molar-refractivity contribution in [2.45, 2.75) is 13.0 Å². The van der Waals surface area contributed by atoms with E-state index in [0.717, 1.165) is 29.9 Å². The fourth-order valence-electron chi connectivity index (χ4n) is 1.44. The van der Waals surface area contributed by atoms with Crippen LogP contribution < -0.4 is 5.32 Å². The second-order valence-electron chi connectivity index (χ2n) is 3.49. The summed E-state index contributed by atoms with van der Waals surface area (Å²) >= 11 is 3.28. The number of aromatic nitrogens is 1. The van der Waals surface area contributed by atoms with Crippen molar-refractivity contribution in [2.75, 3.05) is 6.54 Å². The Kier molecular flexibility index (Phi) is 4.13. The second-order valence-corrected chi connectivity index (χ2v) is 4.27. The van der Waals surface area contributed by atoms with E-state index in [1.54, 1.807) is 0 Å². The molecule has 2 heterocycles. The number of hydrogen-bond acceptors (Lipinski definition) is 3.